The van der Waals surface area contributed by atoms with Crippen LogP contribution in [0, 0.1) is 0 Å². The SMILES string of the molecule is CC.Clc1cnc2ccc(Cl)nc2c1. The number of nitrogens with zero attached hydrogens (tertiary/aromatic N) is 2. The molecule has 0 amide bonds. The van der Waals surface area contributed by atoms with Crippen molar-refractivity contribution in [3.8, 4) is 0 Å². The van der Waals surface area contributed by atoms with Crippen molar-refractivity contribution in [1.29, 1.82) is 0 Å². The first-order chi connectivity index (χ1) is 6.75. The summed E-state index contributed by atoms with van der Waals surface area (Å²) >= 11 is 11.4. The number of pyridine rings is 2. The lowest BCUT2D eigenvalue weighted by Gasteiger charge is -1.96. The number of hydrogen-bond donors (Lipinski definition) is 0. The molecule has 0 spiro atoms. The first kappa shape index (κ1) is 11.2. The first-order valence-electron chi connectivity index (χ1n) is 4.33. The second-order valence-electron chi connectivity index (χ2n) is 2.33. The van der Waals surface area contributed by atoms with Gasteiger partial charge in [0.25, 0.3) is 0 Å². The van der Waals surface area contributed by atoms with Crippen LogP contribution in [-0.2, 0) is 0 Å². The standard InChI is InChI=1S/C8H4Cl2N2.C2H6/c9-5-3-7-6(11-4-5)1-2-8(10)12-7;1-2/h1-4H;1-2H3. The van der Waals surface area contributed by atoms with Gasteiger partial charge in [-0.3, -0.25) is 4.98 Å². The van der Waals surface area contributed by atoms with Gasteiger partial charge < -0.3 is 0 Å². The van der Waals surface area contributed by atoms with Crippen molar-refractivity contribution in [2.45, 2.75) is 13.8 Å². The molecular formula is C10H10Cl2N2. The number of aromatic nitrogens is 2. The van der Waals surface area contributed by atoms with Crippen molar-refractivity contribution in [2.75, 3.05) is 0 Å². The molecule has 0 aliphatic rings. The van der Waals surface area contributed by atoms with Gasteiger partial charge in [0, 0.05) is 6.20 Å². The zero-order chi connectivity index (χ0) is 10.6. The van der Waals surface area contributed by atoms with Crippen molar-refractivity contribution in [3.05, 3.63) is 34.6 Å². The smallest absolute Gasteiger partial charge is 0.129 e. The van der Waals surface area contributed by atoms with Gasteiger partial charge in [-0.25, -0.2) is 4.98 Å². The van der Waals surface area contributed by atoms with Crippen LogP contribution in [0.15, 0.2) is 24.4 Å². The Kier molecular flexibility index (Phi) is 4.11. The van der Waals surface area contributed by atoms with E-state index in [4.69, 9.17) is 23.2 Å². The van der Waals surface area contributed by atoms with E-state index in [2.05, 4.69) is 9.97 Å². The number of fused-ring (bicyclic) bond motifs is 1. The van der Waals surface area contributed by atoms with Crippen LogP contribution in [0.25, 0.3) is 11.0 Å². The normalized spacial score (nSPS) is 9.43. The van der Waals surface area contributed by atoms with E-state index in [1.807, 2.05) is 13.8 Å². The molecule has 0 aromatic carbocycles. The monoisotopic (exact) mass is 228 g/mol. The quantitative estimate of drug-likeness (QED) is 0.639. The lowest BCUT2D eigenvalue weighted by molar-refractivity contribution is 1.34. The lowest BCUT2D eigenvalue weighted by atomic mass is 10.3. The summed E-state index contributed by atoms with van der Waals surface area (Å²) in [5, 5.41) is 1.02. The topological polar surface area (TPSA) is 25.8 Å². The van der Waals surface area contributed by atoms with E-state index in [9.17, 15) is 0 Å². The molecule has 0 saturated heterocycles. The summed E-state index contributed by atoms with van der Waals surface area (Å²) in [6.07, 6.45) is 1.58. The van der Waals surface area contributed by atoms with E-state index in [0.29, 0.717) is 10.2 Å². The Hall–Kier alpha value is -0.860. The molecule has 2 rings (SSSR count). The molecule has 2 aromatic heterocycles. The maximum Gasteiger partial charge on any atom is 0.129 e. The fourth-order valence-corrected chi connectivity index (χ4v) is 1.26. The van der Waals surface area contributed by atoms with Gasteiger partial charge >= 0.3 is 0 Å². The molecule has 2 aromatic rings. The molecule has 2 heterocycles. The Morgan fingerprint density at radius 3 is 2.50 bits per heavy atom. The highest BCUT2D eigenvalue weighted by molar-refractivity contribution is 6.31. The van der Waals surface area contributed by atoms with Crippen molar-refractivity contribution >= 4 is 34.2 Å². The van der Waals surface area contributed by atoms with Crippen LogP contribution >= 0.6 is 23.2 Å². The van der Waals surface area contributed by atoms with Crippen molar-refractivity contribution in [2.24, 2.45) is 0 Å². The third kappa shape index (κ3) is 2.56. The van der Waals surface area contributed by atoms with Gasteiger partial charge in [-0.1, -0.05) is 37.0 Å². The van der Waals surface area contributed by atoms with Crippen LogP contribution in [-0.4, -0.2) is 9.97 Å². The van der Waals surface area contributed by atoms with E-state index in [-0.39, 0.29) is 0 Å². The van der Waals surface area contributed by atoms with Crippen molar-refractivity contribution < 1.29 is 0 Å². The third-order valence-electron chi connectivity index (χ3n) is 1.47. The third-order valence-corrected chi connectivity index (χ3v) is 1.89. The molecule has 0 N–H and O–H groups in total. The molecule has 4 heteroatoms. The van der Waals surface area contributed by atoms with Gasteiger partial charge in [-0.15, -0.1) is 0 Å². The zero-order valence-corrected chi connectivity index (χ0v) is 9.47. The minimum absolute atomic E-state index is 0.451. The molecule has 0 radical (unpaired) electrons. The van der Waals surface area contributed by atoms with E-state index in [0.717, 1.165) is 11.0 Å². The number of hydrogen-bond acceptors (Lipinski definition) is 2. The van der Waals surface area contributed by atoms with Gasteiger partial charge in [-0.2, -0.15) is 0 Å². The Bertz CT molecular complexity index is 393. The molecule has 74 valence electrons. The average molecular weight is 229 g/mol. The summed E-state index contributed by atoms with van der Waals surface area (Å²) in [6, 6.07) is 5.24. The summed E-state index contributed by atoms with van der Waals surface area (Å²) in [4.78, 5) is 8.12. The van der Waals surface area contributed by atoms with Gasteiger partial charge in [-0.05, 0) is 18.2 Å². The molecule has 0 aliphatic heterocycles. The number of rotatable bonds is 0. The van der Waals surface area contributed by atoms with E-state index < -0.39 is 0 Å². The second kappa shape index (κ2) is 5.13. The fourth-order valence-electron chi connectivity index (χ4n) is 0.957. The van der Waals surface area contributed by atoms with Crippen LogP contribution < -0.4 is 0 Å². The Morgan fingerprint density at radius 1 is 1.07 bits per heavy atom. The van der Waals surface area contributed by atoms with Crippen LogP contribution in [0.4, 0.5) is 0 Å². The molecule has 0 saturated carbocycles. The van der Waals surface area contributed by atoms with Gasteiger partial charge in [0.15, 0.2) is 0 Å². The highest BCUT2D eigenvalue weighted by Gasteiger charge is 1.97. The van der Waals surface area contributed by atoms with Crippen molar-refractivity contribution in [1.82, 2.24) is 9.97 Å². The molecule has 0 aliphatic carbocycles. The van der Waals surface area contributed by atoms with E-state index in [1.165, 1.54) is 0 Å². The van der Waals surface area contributed by atoms with Gasteiger partial charge in [0.2, 0.25) is 0 Å². The molecule has 0 atom stereocenters. The predicted molar refractivity (Wildman–Crippen MR) is 60.9 cm³/mol. The molecule has 0 bridgehead atoms. The van der Waals surface area contributed by atoms with Crippen molar-refractivity contribution in [3.63, 3.8) is 0 Å². The average Bonchev–Trinajstić information content (AvgIpc) is 2.20. The van der Waals surface area contributed by atoms with Gasteiger partial charge in [0.05, 0.1) is 16.1 Å². The summed E-state index contributed by atoms with van der Waals surface area (Å²) in [6.45, 7) is 4.00. The van der Waals surface area contributed by atoms with E-state index in [1.54, 1.807) is 24.4 Å². The zero-order valence-electron chi connectivity index (χ0n) is 7.96. The van der Waals surface area contributed by atoms with Gasteiger partial charge in [0.1, 0.15) is 5.15 Å². The molecule has 2 nitrogen and oxygen atoms in total. The highest BCUT2D eigenvalue weighted by Crippen LogP contribution is 2.16. The molecule has 0 unspecified atom stereocenters. The minimum Gasteiger partial charge on any atom is -0.253 e. The molecule has 14 heavy (non-hydrogen) atoms. The van der Waals surface area contributed by atoms with Crippen LogP contribution in [0.1, 0.15) is 13.8 Å². The second-order valence-corrected chi connectivity index (χ2v) is 3.15. The molecule has 0 fully saturated rings. The summed E-state index contributed by atoms with van der Waals surface area (Å²) in [7, 11) is 0. The highest BCUT2D eigenvalue weighted by atomic mass is 35.5. The van der Waals surface area contributed by atoms with Crippen LogP contribution in [0.3, 0.4) is 0 Å². The maximum absolute atomic E-state index is 5.73. The minimum atomic E-state index is 0.451. The predicted octanol–water partition coefficient (Wildman–Crippen LogP) is 3.96. The first-order valence-corrected chi connectivity index (χ1v) is 5.09. The van der Waals surface area contributed by atoms with Crippen LogP contribution in [0.2, 0.25) is 10.2 Å². The Labute approximate surface area is 92.9 Å². The maximum atomic E-state index is 5.73. The van der Waals surface area contributed by atoms with Crippen LogP contribution in [0.5, 0.6) is 0 Å². The fraction of sp³-hybridized carbons (Fsp3) is 0.200. The summed E-state index contributed by atoms with van der Waals surface area (Å²) < 4.78 is 0. The summed E-state index contributed by atoms with van der Waals surface area (Å²) in [5.74, 6) is 0. The lowest BCUT2D eigenvalue weighted by Crippen LogP contribution is -1.82. The Balaban J connectivity index is 0.000000461. The molecular weight excluding hydrogens is 219 g/mol. The largest absolute Gasteiger partial charge is 0.253 e. The number of halogens is 2. The van der Waals surface area contributed by atoms with E-state index >= 15 is 0 Å². The summed E-state index contributed by atoms with van der Waals surface area (Å²) in [5.41, 5.74) is 1.51. The Morgan fingerprint density at radius 2 is 1.79 bits per heavy atom.